The Morgan fingerprint density at radius 1 is 0.682 bits per heavy atom. The molecule has 0 heterocycles. The third-order valence-corrected chi connectivity index (χ3v) is 3.81. The molecule has 0 aliphatic carbocycles. The molecule has 134 valence electrons. The summed E-state index contributed by atoms with van der Waals surface area (Å²) in [5, 5.41) is 7.42. The molecule has 0 bridgehead atoms. The lowest BCUT2D eigenvalue weighted by Gasteiger charge is -2.03. The van der Waals surface area contributed by atoms with Crippen LogP contribution in [0.5, 0.6) is 0 Å². The van der Waals surface area contributed by atoms with Crippen LogP contribution < -0.4 is 5.73 Å². The van der Waals surface area contributed by atoms with E-state index in [-0.39, 0.29) is 0 Å². The topological polar surface area (TPSA) is 63.3 Å². The minimum Gasteiger partial charge on any atom is -0.481 e. The van der Waals surface area contributed by atoms with E-state index >= 15 is 0 Å². The average Bonchev–Trinajstić information content (AvgIpc) is 2.47. The van der Waals surface area contributed by atoms with E-state index < -0.39 is 5.97 Å². The first kappa shape index (κ1) is 23.7. The first-order valence-corrected chi connectivity index (χ1v) is 9.54. The third kappa shape index (κ3) is 31.7. The Balaban J connectivity index is 0. The molecule has 0 unspecified atom stereocenters. The molecule has 22 heavy (non-hydrogen) atoms. The largest absolute Gasteiger partial charge is 0.481 e. The monoisotopic (exact) mass is 315 g/mol. The van der Waals surface area contributed by atoms with Gasteiger partial charge >= 0.3 is 0 Å². The molecule has 0 saturated carbocycles. The Kier molecular flexibility index (Phi) is 24.5. The van der Waals surface area contributed by atoms with Crippen molar-refractivity contribution in [3.63, 3.8) is 0 Å². The van der Waals surface area contributed by atoms with Gasteiger partial charge in [-0.25, -0.2) is 0 Å². The number of unbranched alkanes of at least 4 members (excludes halogenated alkanes) is 14. The Morgan fingerprint density at radius 2 is 0.909 bits per heavy atom. The maximum absolute atomic E-state index is 9.00. The van der Waals surface area contributed by atoms with E-state index in [0.717, 1.165) is 13.5 Å². The van der Waals surface area contributed by atoms with Gasteiger partial charge in [-0.05, 0) is 13.0 Å². The van der Waals surface area contributed by atoms with Crippen molar-refractivity contribution >= 4 is 5.97 Å². The van der Waals surface area contributed by atoms with Gasteiger partial charge in [-0.3, -0.25) is 4.79 Å². The summed E-state index contributed by atoms with van der Waals surface area (Å²) in [6, 6.07) is 0. The Bertz CT molecular complexity index is 188. The van der Waals surface area contributed by atoms with Crippen molar-refractivity contribution < 1.29 is 9.90 Å². The van der Waals surface area contributed by atoms with E-state index in [0.29, 0.717) is 0 Å². The zero-order valence-electron chi connectivity index (χ0n) is 15.2. The summed E-state index contributed by atoms with van der Waals surface area (Å²) in [6.45, 7) is 4.24. The zero-order valence-corrected chi connectivity index (χ0v) is 15.2. The van der Waals surface area contributed by atoms with Crippen LogP contribution >= 0.6 is 0 Å². The number of rotatable bonds is 15. The van der Waals surface area contributed by atoms with Gasteiger partial charge in [0.25, 0.3) is 5.97 Å². The summed E-state index contributed by atoms with van der Waals surface area (Å²) in [6.07, 6.45) is 21.4. The molecule has 3 nitrogen and oxygen atoms in total. The van der Waals surface area contributed by atoms with Gasteiger partial charge in [-0.2, -0.15) is 0 Å². The fourth-order valence-corrected chi connectivity index (χ4v) is 2.52. The van der Waals surface area contributed by atoms with Crippen molar-refractivity contribution in [1.82, 2.24) is 0 Å². The van der Waals surface area contributed by atoms with Gasteiger partial charge in [-0.15, -0.1) is 0 Å². The predicted molar refractivity (Wildman–Crippen MR) is 97.3 cm³/mol. The normalized spacial score (nSPS) is 10.1. The van der Waals surface area contributed by atoms with E-state index in [4.69, 9.17) is 15.6 Å². The van der Waals surface area contributed by atoms with Gasteiger partial charge in [0, 0.05) is 6.92 Å². The van der Waals surface area contributed by atoms with Crippen LogP contribution in [-0.4, -0.2) is 17.6 Å². The minimum absolute atomic E-state index is 0.833. The van der Waals surface area contributed by atoms with Gasteiger partial charge in [0.2, 0.25) is 0 Å². The molecular formula is C19H41NO2. The van der Waals surface area contributed by atoms with E-state index in [1.54, 1.807) is 0 Å². The number of aliphatic carboxylic acids is 1. The number of carbonyl (C=O) groups is 1. The minimum atomic E-state index is -0.833. The smallest absolute Gasteiger partial charge is 0.300 e. The van der Waals surface area contributed by atoms with Crippen molar-refractivity contribution in [2.24, 2.45) is 5.73 Å². The predicted octanol–water partition coefficient (Wildman–Crippen LogP) is 5.91. The Labute approximate surface area is 139 Å². The van der Waals surface area contributed by atoms with Crippen LogP contribution in [0.3, 0.4) is 0 Å². The fraction of sp³-hybridized carbons (Fsp3) is 0.947. The maximum Gasteiger partial charge on any atom is 0.300 e. The van der Waals surface area contributed by atoms with E-state index in [9.17, 15) is 0 Å². The van der Waals surface area contributed by atoms with E-state index in [1.165, 1.54) is 96.3 Å². The molecule has 0 aromatic heterocycles. The van der Waals surface area contributed by atoms with Gasteiger partial charge in [0.05, 0.1) is 0 Å². The molecule has 3 N–H and O–H groups in total. The lowest BCUT2D eigenvalue weighted by molar-refractivity contribution is -0.134. The molecular weight excluding hydrogens is 274 g/mol. The number of hydrogen-bond acceptors (Lipinski definition) is 2. The highest BCUT2D eigenvalue weighted by molar-refractivity contribution is 5.62. The molecule has 0 amide bonds. The molecule has 0 saturated heterocycles. The summed E-state index contributed by atoms with van der Waals surface area (Å²) in [7, 11) is 0. The van der Waals surface area contributed by atoms with Crippen LogP contribution in [0.1, 0.15) is 110 Å². The molecule has 0 aromatic carbocycles. The number of carboxylic acids is 1. The maximum atomic E-state index is 9.00. The molecule has 3 heteroatoms. The van der Waals surface area contributed by atoms with Crippen LogP contribution in [0.2, 0.25) is 0 Å². The SMILES string of the molecule is CC(=O)O.CCCCCCCCCCCCCCCCCN. The summed E-state index contributed by atoms with van der Waals surface area (Å²) in [5.41, 5.74) is 5.48. The first-order chi connectivity index (χ1) is 10.6. The number of hydrogen-bond donors (Lipinski definition) is 2. The summed E-state index contributed by atoms with van der Waals surface area (Å²) in [4.78, 5) is 9.00. The molecule has 0 rings (SSSR count). The average molecular weight is 316 g/mol. The molecule has 0 aliphatic rings. The lowest BCUT2D eigenvalue weighted by atomic mass is 10.0. The zero-order chi connectivity index (χ0) is 16.9. The second-order valence-electron chi connectivity index (χ2n) is 6.26. The van der Waals surface area contributed by atoms with Gasteiger partial charge < -0.3 is 10.8 Å². The third-order valence-electron chi connectivity index (χ3n) is 3.81. The quantitative estimate of drug-likeness (QED) is 0.369. The van der Waals surface area contributed by atoms with Crippen molar-refractivity contribution in [2.75, 3.05) is 6.54 Å². The summed E-state index contributed by atoms with van der Waals surface area (Å²) < 4.78 is 0. The van der Waals surface area contributed by atoms with Gasteiger partial charge in [0.1, 0.15) is 0 Å². The van der Waals surface area contributed by atoms with Crippen LogP contribution in [0.4, 0.5) is 0 Å². The number of nitrogens with two attached hydrogens (primary N) is 1. The van der Waals surface area contributed by atoms with Crippen LogP contribution in [0.25, 0.3) is 0 Å². The second kappa shape index (κ2) is 22.7. The molecule has 0 aliphatic heterocycles. The number of carboxylic acid groups (broad SMARTS) is 1. The van der Waals surface area contributed by atoms with Crippen molar-refractivity contribution in [3.8, 4) is 0 Å². The fourth-order valence-electron chi connectivity index (χ4n) is 2.52. The van der Waals surface area contributed by atoms with Crippen LogP contribution in [-0.2, 0) is 4.79 Å². The molecule has 0 fully saturated rings. The highest BCUT2D eigenvalue weighted by atomic mass is 16.4. The highest BCUT2D eigenvalue weighted by Crippen LogP contribution is 2.13. The van der Waals surface area contributed by atoms with Crippen molar-refractivity contribution in [3.05, 3.63) is 0 Å². The Morgan fingerprint density at radius 3 is 1.14 bits per heavy atom. The van der Waals surface area contributed by atoms with Crippen LogP contribution in [0, 0.1) is 0 Å². The summed E-state index contributed by atoms with van der Waals surface area (Å²) in [5.74, 6) is -0.833. The highest BCUT2D eigenvalue weighted by Gasteiger charge is 1.93. The molecule has 0 radical (unpaired) electrons. The Hall–Kier alpha value is -0.570. The van der Waals surface area contributed by atoms with Gasteiger partial charge in [-0.1, -0.05) is 96.8 Å². The van der Waals surface area contributed by atoms with Gasteiger partial charge in [0.15, 0.2) is 0 Å². The first-order valence-electron chi connectivity index (χ1n) is 9.54. The van der Waals surface area contributed by atoms with Crippen molar-refractivity contribution in [2.45, 2.75) is 110 Å². The summed E-state index contributed by atoms with van der Waals surface area (Å²) >= 11 is 0. The molecule has 0 aromatic rings. The van der Waals surface area contributed by atoms with E-state index in [1.807, 2.05) is 0 Å². The van der Waals surface area contributed by atoms with Crippen molar-refractivity contribution in [1.29, 1.82) is 0 Å². The lowest BCUT2D eigenvalue weighted by Crippen LogP contribution is -1.97. The molecule has 0 spiro atoms. The van der Waals surface area contributed by atoms with Crippen LogP contribution in [0.15, 0.2) is 0 Å². The standard InChI is InChI=1S/C17H37N.C2H4O2/c1-2-3-4-5-6-7-8-9-10-11-12-13-14-15-16-17-18;1-2(3)4/h2-18H2,1H3;1H3,(H,3,4). The molecule has 0 atom stereocenters. The second-order valence-corrected chi connectivity index (χ2v) is 6.26. The van der Waals surface area contributed by atoms with E-state index in [2.05, 4.69) is 6.92 Å².